The summed E-state index contributed by atoms with van der Waals surface area (Å²) in [6.07, 6.45) is 1.89. The monoisotopic (exact) mass is 317 g/mol. The highest BCUT2D eigenvalue weighted by Crippen LogP contribution is 2.31. The molecule has 1 aromatic carbocycles. The SMILES string of the molecule is COc1ccc(N(C)C(=O)/C(C)=C/c2cccs2)cc1OC. The van der Waals surface area contributed by atoms with Gasteiger partial charge < -0.3 is 14.4 Å². The Kier molecular flexibility index (Phi) is 5.22. The summed E-state index contributed by atoms with van der Waals surface area (Å²) in [5, 5.41) is 1.99. The molecule has 0 fully saturated rings. The number of hydrogen-bond donors (Lipinski definition) is 0. The molecule has 0 bridgehead atoms. The molecule has 0 aliphatic heterocycles. The van der Waals surface area contributed by atoms with Crippen molar-refractivity contribution in [2.24, 2.45) is 0 Å². The molecular formula is C17H19NO3S. The summed E-state index contributed by atoms with van der Waals surface area (Å²) in [5.41, 5.74) is 1.43. The number of methoxy groups -OCH3 is 2. The number of anilines is 1. The Morgan fingerprint density at radius 1 is 1.18 bits per heavy atom. The minimum Gasteiger partial charge on any atom is -0.493 e. The Morgan fingerprint density at radius 3 is 2.50 bits per heavy atom. The van der Waals surface area contributed by atoms with Crippen LogP contribution in [0, 0.1) is 0 Å². The number of amides is 1. The maximum absolute atomic E-state index is 12.5. The molecule has 0 spiro atoms. The Bertz CT molecular complexity index is 677. The third-order valence-electron chi connectivity index (χ3n) is 3.30. The minimum absolute atomic E-state index is 0.0550. The van der Waals surface area contributed by atoms with Gasteiger partial charge in [0.2, 0.25) is 0 Å². The van der Waals surface area contributed by atoms with E-state index in [1.54, 1.807) is 49.6 Å². The predicted molar refractivity (Wildman–Crippen MR) is 90.9 cm³/mol. The first-order chi connectivity index (χ1) is 10.6. The highest BCUT2D eigenvalue weighted by molar-refractivity contribution is 7.10. The topological polar surface area (TPSA) is 38.8 Å². The zero-order valence-corrected chi connectivity index (χ0v) is 13.9. The zero-order chi connectivity index (χ0) is 16.1. The van der Waals surface area contributed by atoms with Gasteiger partial charge in [-0.3, -0.25) is 4.79 Å². The van der Waals surface area contributed by atoms with Crippen molar-refractivity contribution in [3.8, 4) is 11.5 Å². The Hall–Kier alpha value is -2.27. The lowest BCUT2D eigenvalue weighted by Gasteiger charge is -2.19. The Balaban J connectivity index is 2.23. The largest absolute Gasteiger partial charge is 0.493 e. The van der Waals surface area contributed by atoms with E-state index in [2.05, 4.69) is 0 Å². The molecule has 0 N–H and O–H groups in total. The maximum atomic E-state index is 12.5. The van der Waals surface area contributed by atoms with E-state index in [1.165, 1.54) is 0 Å². The molecule has 0 atom stereocenters. The quantitative estimate of drug-likeness (QED) is 0.787. The summed E-state index contributed by atoms with van der Waals surface area (Å²) in [5.74, 6) is 1.18. The van der Waals surface area contributed by atoms with Gasteiger partial charge >= 0.3 is 0 Å². The van der Waals surface area contributed by atoms with Gasteiger partial charge in [-0.1, -0.05) is 6.07 Å². The van der Waals surface area contributed by atoms with Gasteiger partial charge in [0.1, 0.15) is 0 Å². The third-order valence-corrected chi connectivity index (χ3v) is 4.12. The fourth-order valence-electron chi connectivity index (χ4n) is 2.06. The first kappa shape index (κ1) is 16.1. The van der Waals surface area contributed by atoms with Crippen LogP contribution >= 0.6 is 11.3 Å². The van der Waals surface area contributed by atoms with Crippen LogP contribution in [-0.4, -0.2) is 27.2 Å². The van der Waals surface area contributed by atoms with Crippen LogP contribution in [0.15, 0.2) is 41.3 Å². The average molecular weight is 317 g/mol. The van der Waals surface area contributed by atoms with Gasteiger partial charge in [-0.2, -0.15) is 0 Å². The number of nitrogens with zero attached hydrogens (tertiary/aromatic N) is 1. The Morgan fingerprint density at radius 2 is 1.91 bits per heavy atom. The number of rotatable bonds is 5. The molecule has 0 saturated heterocycles. The molecular weight excluding hydrogens is 298 g/mol. The first-order valence-electron chi connectivity index (χ1n) is 6.78. The summed E-state index contributed by atoms with van der Waals surface area (Å²) in [4.78, 5) is 15.2. The fraction of sp³-hybridized carbons (Fsp3) is 0.235. The summed E-state index contributed by atoms with van der Waals surface area (Å²) in [6.45, 7) is 1.82. The lowest BCUT2D eigenvalue weighted by Crippen LogP contribution is -2.26. The lowest BCUT2D eigenvalue weighted by molar-refractivity contribution is -0.114. The number of carbonyl (C=O) groups excluding carboxylic acids is 1. The second-order valence-corrected chi connectivity index (χ2v) is 5.73. The van der Waals surface area contributed by atoms with E-state index in [4.69, 9.17) is 9.47 Å². The van der Waals surface area contributed by atoms with Crippen LogP contribution in [0.1, 0.15) is 11.8 Å². The highest BCUT2D eigenvalue weighted by atomic mass is 32.1. The fourth-order valence-corrected chi connectivity index (χ4v) is 2.78. The number of ether oxygens (including phenoxy) is 2. The van der Waals surface area contributed by atoms with Crippen molar-refractivity contribution in [2.45, 2.75) is 6.92 Å². The van der Waals surface area contributed by atoms with Crippen molar-refractivity contribution in [3.63, 3.8) is 0 Å². The molecule has 1 aromatic heterocycles. The van der Waals surface area contributed by atoms with Crippen LogP contribution in [0.5, 0.6) is 11.5 Å². The van der Waals surface area contributed by atoms with E-state index in [-0.39, 0.29) is 5.91 Å². The van der Waals surface area contributed by atoms with Crippen LogP contribution < -0.4 is 14.4 Å². The minimum atomic E-state index is -0.0550. The number of hydrogen-bond acceptors (Lipinski definition) is 4. The Labute approximate surface area is 134 Å². The van der Waals surface area contributed by atoms with Gasteiger partial charge in [-0.25, -0.2) is 0 Å². The van der Waals surface area contributed by atoms with Crippen molar-refractivity contribution < 1.29 is 14.3 Å². The number of benzene rings is 1. The molecule has 2 aromatic rings. The van der Waals surface area contributed by atoms with Crippen molar-refractivity contribution in [1.82, 2.24) is 0 Å². The van der Waals surface area contributed by atoms with Crippen molar-refractivity contribution in [3.05, 3.63) is 46.2 Å². The molecule has 0 unspecified atom stereocenters. The van der Waals surface area contributed by atoms with E-state index < -0.39 is 0 Å². The molecule has 0 saturated carbocycles. The van der Waals surface area contributed by atoms with E-state index >= 15 is 0 Å². The van der Waals surface area contributed by atoms with Gasteiger partial charge in [0, 0.05) is 29.3 Å². The molecule has 2 rings (SSSR count). The van der Waals surface area contributed by atoms with Gasteiger partial charge in [0.15, 0.2) is 11.5 Å². The van der Waals surface area contributed by atoms with Crippen LogP contribution in [0.25, 0.3) is 6.08 Å². The van der Waals surface area contributed by atoms with E-state index in [9.17, 15) is 4.79 Å². The predicted octanol–water partition coefficient (Wildman–Crippen LogP) is 3.83. The third kappa shape index (κ3) is 3.49. The van der Waals surface area contributed by atoms with Crippen LogP contribution in [-0.2, 0) is 4.79 Å². The summed E-state index contributed by atoms with van der Waals surface area (Å²) in [6, 6.07) is 9.35. The number of likely N-dealkylation sites (N-methyl/N-ethyl adjacent to an activating group) is 1. The van der Waals surface area contributed by atoms with Crippen molar-refractivity contribution in [2.75, 3.05) is 26.2 Å². The van der Waals surface area contributed by atoms with E-state index in [1.807, 2.05) is 36.6 Å². The van der Waals surface area contributed by atoms with Crippen molar-refractivity contribution in [1.29, 1.82) is 0 Å². The summed E-state index contributed by atoms with van der Waals surface area (Å²) in [7, 11) is 4.90. The standard InChI is InChI=1S/C17H19NO3S/c1-12(10-14-6-5-9-22-14)17(19)18(2)13-7-8-15(20-3)16(11-13)21-4/h5-11H,1-4H3/b12-10+. The second kappa shape index (κ2) is 7.13. The van der Waals surface area contributed by atoms with Gasteiger partial charge in [0.25, 0.3) is 5.91 Å². The number of carbonyl (C=O) groups is 1. The molecule has 116 valence electrons. The van der Waals surface area contributed by atoms with Crippen molar-refractivity contribution >= 4 is 29.0 Å². The molecule has 0 radical (unpaired) electrons. The van der Waals surface area contributed by atoms with Gasteiger partial charge in [-0.15, -0.1) is 11.3 Å². The van der Waals surface area contributed by atoms with Crippen LogP contribution in [0.3, 0.4) is 0 Å². The van der Waals surface area contributed by atoms with Crippen LogP contribution in [0.2, 0.25) is 0 Å². The van der Waals surface area contributed by atoms with E-state index in [0.717, 1.165) is 10.6 Å². The zero-order valence-electron chi connectivity index (χ0n) is 13.1. The molecule has 1 amide bonds. The molecule has 4 nitrogen and oxygen atoms in total. The van der Waals surface area contributed by atoms with Gasteiger partial charge in [-0.05, 0) is 36.6 Å². The maximum Gasteiger partial charge on any atom is 0.253 e. The van der Waals surface area contributed by atoms with E-state index in [0.29, 0.717) is 17.1 Å². The normalized spacial score (nSPS) is 11.2. The highest BCUT2D eigenvalue weighted by Gasteiger charge is 2.15. The second-order valence-electron chi connectivity index (χ2n) is 4.75. The molecule has 22 heavy (non-hydrogen) atoms. The smallest absolute Gasteiger partial charge is 0.253 e. The lowest BCUT2D eigenvalue weighted by atomic mass is 10.2. The summed E-state index contributed by atoms with van der Waals surface area (Å²) < 4.78 is 10.5. The molecule has 0 aliphatic rings. The average Bonchev–Trinajstić information content (AvgIpc) is 3.05. The van der Waals surface area contributed by atoms with Crippen LogP contribution in [0.4, 0.5) is 5.69 Å². The summed E-state index contributed by atoms with van der Waals surface area (Å²) >= 11 is 1.60. The molecule has 5 heteroatoms. The first-order valence-corrected chi connectivity index (χ1v) is 7.66. The molecule has 0 aliphatic carbocycles. The number of thiophene rings is 1. The van der Waals surface area contributed by atoms with Gasteiger partial charge in [0.05, 0.1) is 14.2 Å². The molecule has 1 heterocycles.